The summed E-state index contributed by atoms with van der Waals surface area (Å²) in [6.07, 6.45) is 5.63. The second kappa shape index (κ2) is 5.90. The summed E-state index contributed by atoms with van der Waals surface area (Å²) in [4.78, 5) is 39.3. The zero-order chi connectivity index (χ0) is 18.0. The first-order chi connectivity index (χ1) is 12.5. The number of carbonyl (C=O) groups excluding carboxylic acids is 3. The smallest absolute Gasteiger partial charge is 0.233 e. The predicted molar refractivity (Wildman–Crippen MR) is 104 cm³/mol. The highest BCUT2D eigenvalue weighted by Gasteiger charge is 2.66. The van der Waals surface area contributed by atoms with E-state index in [2.05, 4.69) is 40.1 Å². The Kier molecular flexibility index (Phi) is 3.74. The van der Waals surface area contributed by atoms with Crippen LogP contribution < -0.4 is 5.32 Å². The van der Waals surface area contributed by atoms with Crippen molar-refractivity contribution in [2.24, 2.45) is 35.5 Å². The molecule has 6 rings (SSSR count). The molecular weight excluding hydrogens is 443 g/mol. The van der Waals surface area contributed by atoms with Crippen LogP contribution in [0, 0.1) is 39.1 Å². The van der Waals surface area contributed by atoms with E-state index >= 15 is 0 Å². The Morgan fingerprint density at radius 1 is 1.04 bits per heavy atom. The van der Waals surface area contributed by atoms with Crippen LogP contribution in [0.3, 0.4) is 0 Å². The minimum Gasteiger partial charge on any atom is -0.326 e. The van der Waals surface area contributed by atoms with E-state index in [-0.39, 0.29) is 54.4 Å². The minimum atomic E-state index is -0.180. The van der Waals surface area contributed by atoms with Gasteiger partial charge >= 0.3 is 0 Å². The van der Waals surface area contributed by atoms with Crippen molar-refractivity contribution in [1.82, 2.24) is 4.90 Å². The highest BCUT2D eigenvalue weighted by Crippen LogP contribution is 2.65. The Morgan fingerprint density at radius 3 is 2.19 bits per heavy atom. The molecule has 1 aliphatic heterocycles. The molecule has 3 fully saturated rings. The second-order valence-corrected chi connectivity index (χ2v) is 9.03. The normalized spacial score (nSPS) is 36.1. The van der Waals surface area contributed by atoms with Crippen molar-refractivity contribution in [2.75, 3.05) is 11.9 Å². The molecule has 1 N–H and O–H groups in total. The van der Waals surface area contributed by atoms with E-state index in [9.17, 15) is 14.4 Å². The van der Waals surface area contributed by atoms with Crippen LogP contribution in [0.2, 0.25) is 0 Å². The summed E-state index contributed by atoms with van der Waals surface area (Å²) in [6.45, 7) is 0.176. The average molecular weight is 462 g/mol. The van der Waals surface area contributed by atoms with Crippen LogP contribution in [-0.4, -0.2) is 29.2 Å². The zero-order valence-corrected chi connectivity index (χ0v) is 16.3. The Labute approximate surface area is 165 Å². The molecule has 1 heterocycles. The van der Waals surface area contributed by atoms with Gasteiger partial charge in [0, 0.05) is 22.2 Å². The predicted octanol–water partition coefficient (Wildman–Crippen LogP) is 2.67. The number of carbonyl (C=O) groups is 3. The van der Waals surface area contributed by atoms with Gasteiger partial charge in [-0.15, -0.1) is 0 Å². The number of allylic oxidation sites excluding steroid dienone is 2. The van der Waals surface area contributed by atoms with Gasteiger partial charge in [0.2, 0.25) is 17.7 Å². The third kappa shape index (κ3) is 2.45. The van der Waals surface area contributed by atoms with E-state index in [4.69, 9.17) is 0 Å². The van der Waals surface area contributed by atoms with Crippen molar-refractivity contribution in [3.63, 3.8) is 0 Å². The van der Waals surface area contributed by atoms with Crippen molar-refractivity contribution in [1.29, 1.82) is 0 Å². The van der Waals surface area contributed by atoms with E-state index in [1.54, 1.807) is 0 Å². The second-order valence-electron chi connectivity index (χ2n) is 7.79. The number of likely N-dealkylation sites (tertiary alicyclic amines) is 1. The molecule has 2 saturated carbocycles. The maximum absolute atomic E-state index is 12.9. The van der Waals surface area contributed by atoms with Gasteiger partial charge in [-0.05, 0) is 76.9 Å². The van der Waals surface area contributed by atoms with E-state index < -0.39 is 0 Å². The summed E-state index contributed by atoms with van der Waals surface area (Å²) in [5, 5.41) is 2.83. The van der Waals surface area contributed by atoms with E-state index in [1.807, 2.05) is 24.3 Å². The summed E-state index contributed by atoms with van der Waals surface area (Å²) in [6, 6.07) is 7.52. The fraction of sp³-hybridized carbons (Fsp3) is 0.450. The van der Waals surface area contributed by atoms with Gasteiger partial charge in [-0.25, -0.2) is 0 Å². The molecule has 1 aromatic rings. The van der Waals surface area contributed by atoms with Gasteiger partial charge < -0.3 is 5.32 Å². The number of amides is 3. The van der Waals surface area contributed by atoms with Gasteiger partial charge in [-0.2, -0.15) is 0 Å². The molecule has 26 heavy (non-hydrogen) atoms. The molecule has 134 valence electrons. The number of rotatable bonds is 4. The molecule has 6 atom stereocenters. The lowest BCUT2D eigenvalue weighted by atomic mass is 9.63. The highest BCUT2D eigenvalue weighted by atomic mass is 127. The number of hydrogen-bond donors (Lipinski definition) is 1. The van der Waals surface area contributed by atoms with Crippen LogP contribution in [0.5, 0.6) is 0 Å². The fourth-order valence-electron chi connectivity index (χ4n) is 5.21. The van der Waals surface area contributed by atoms with Gasteiger partial charge in [0.05, 0.1) is 11.8 Å². The molecule has 4 aliphatic carbocycles. The van der Waals surface area contributed by atoms with Crippen LogP contribution in [-0.2, 0) is 14.4 Å². The van der Waals surface area contributed by atoms with Gasteiger partial charge in [0.1, 0.15) is 0 Å². The summed E-state index contributed by atoms with van der Waals surface area (Å²) < 4.78 is 1.10. The van der Waals surface area contributed by atoms with Gasteiger partial charge in [0.15, 0.2) is 0 Å². The summed E-state index contributed by atoms with van der Waals surface area (Å²) >= 11 is 2.21. The lowest BCUT2D eigenvalue weighted by Crippen LogP contribution is -2.40. The minimum absolute atomic E-state index is 0.0632. The van der Waals surface area contributed by atoms with Crippen molar-refractivity contribution in [3.8, 4) is 0 Å². The summed E-state index contributed by atoms with van der Waals surface area (Å²) in [5.41, 5.74) is 0.727. The van der Waals surface area contributed by atoms with Crippen molar-refractivity contribution < 1.29 is 14.4 Å². The Morgan fingerprint density at radius 2 is 1.62 bits per heavy atom. The van der Waals surface area contributed by atoms with Crippen LogP contribution >= 0.6 is 22.6 Å². The van der Waals surface area contributed by atoms with Crippen molar-refractivity contribution >= 4 is 46.0 Å². The number of anilines is 1. The van der Waals surface area contributed by atoms with Crippen LogP contribution in [0.1, 0.15) is 12.8 Å². The molecule has 0 unspecified atom stereocenters. The molecule has 1 aromatic carbocycles. The molecule has 5 aliphatic rings. The van der Waals surface area contributed by atoms with E-state index in [0.29, 0.717) is 11.8 Å². The molecule has 1 saturated heterocycles. The lowest BCUT2D eigenvalue weighted by Gasteiger charge is -2.37. The lowest BCUT2D eigenvalue weighted by molar-refractivity contribution is -0.140. The molecule has 6 heteroatoms. The number of imide groups is 1. The first-order valence-electron chi connectivity index (χ1n) is 9.13. The SMILES string of the molecule is O=C(CCN1C(=O)[C@@H]2[C@H]3C=C[C@@H]([C@@H]4C[C@@H]34)[C@@H]2C1=O)Nc1ccc(I)cc1. The largest absolute Gasteiger partial charge is 0.326 e. The average Bonchev–Trinajstić information content (AvgIpc) is 3.41. The van der Waals surface area contributed by atoms with Crippen LogP contribution in [0.25, 0.3) is 0 Å². The number of nitrogens with one attached hydrogen (secondary N) is 1. The van der Waals surface area contributed by atoms with Gasteiger partial charge in [-0.1, -0.05) is 12.2 Å². The molecule has 0 radical (unpaired) electrons. The van der Waals surface area contributed by atoms with Gasteiger partial charge in [0.25, 0.3) is 0 Å². The maximum Gasteiger partial charge on any atom is 0.233 e. The number of halogens is 1. The third-order valence-electron chi connectivity index (χ3n) is 6.44. The highest BCUT2D eigenvalue weighted by molar-refractivity contribution is 14.1. The Balaban J connectivity index is 1.24. The van der Waals surface area contributed by atoms with Gasteiger partial charge in [-0.3, -0.25) is 19.3 Å². The topological polar surface area (TPSA) is 66.5 Å². The first kappa shape index (κ1) is 16.5. The van der Waals surface area contributed by atoms with Crippen molar-refractivity contribution in [2.45, 2.75) is 12.8 Å². The van der Waals surface area contributed by atoms with Crippen LogP contribution in [0.15, 0.2) is 36.4 Å². The van der Waals surface area contributed by atoms with Crippen molar-refractivity contribution in [3.05, 3.63) is 40.0 Å². The molecule has 0 aromatic heterocycles. The first-order valence-corrected chi connectivity index (χ1v) is 10.2. The fourth-order valence-corrected chi connectivity index (χ4v) is 5.57. The standard InChI is InChI=1S/C20H19IN2O3/c21-10-1-3-11(4-2-10)22-16(24)7-8-23-19(25)17-12-5-6-13(15-9-14(12)15)18(17)20(23)26/h1-6,12-15,17-18H,7-9H2,(H,22,24)/t12-,13-,14-,15-,17-,18+/m0/s1. The van der Waals surface area contributed by atoms with E-state index in [0.717, 1.165) is 15.7 Å². The zero-order valence-electron chi connectivity index (χ0n) is 14.1. The monoisotopic (exact) mass is 462 g/mol. The number of nitrogens with zero attached hydrogens (tertiary/aromatic N) is 1. The molecule has 5 nitrogen and oxygen atoms in total. The third-order valence-corrected chi connectivity index (χ3v) is 7.16. The molecule has 3 amide bonds. The quantitative estimate of drug-likeness (QED) is 0.425. The Bertz CT molecular complexity index is 798. The summed E-state index contributed by atoms with van der Waals surface area (Å²) in [5.74, 6) is 1.01. The molecule has 2 bridgehead atoms. The van der Waals surface area contributed by atoms with E-state index in [1.165, 1.54) is 4.90 Å². The molecule has 0 spiro atoms. The number of benzene rings is 1. The number of hydrogen-bond acceptors (Lipinski definition) is 3. The van der Waals surface area contributed by atoms with Crippen LogP contribution in [0.4, 0.5) is 5.69 Å². The summed E-state index contributed by atoms with van der Waals surface area (Å²) in [7, 11) is 0. The maximum atomic E-state index is 12.9. The Hall–Kier alpha value is -1.70. The molecular formula is C20H19IN2O3.